The normalized spacial score (nSPS) is 14.1. The topological polar surface area (TPSA) is 43.8 Å². The van der Waals surface area contributed by atoms with Gasteiger partial charge in [0.25, 0.3) is 0 Å². The highest BCUT2D eigenvalue weighted by Gasteiger charge is 2.20. The highest BCUT2D eigenvalue weighted by Crippen LogP contribution is 2.27. The summed E-state index contributed by atoms with van der Waals surface area (Å²) in [7, 11) is 0. The van der Waals surface area contributed by atoms with Gasteiger partial charge in [-0.1, -0.05) is 0 Å². The molecule has 0 radical (unpaired) electrons. The van der Waals surface area contributed by atoms with E-state index in [1.54, 1.807) is 0 Å². The number of nitrogens with zero attached hydrogens (tertiary/aromatic N) is 2. The van der Waals surface area contributed by atoms with Crippen molar-refractivity contribution in [2.45, 2.75) is 26.2 Å². The van der Waals surface area contributed by atoms with Crippen molar-refractivity contribution in [1.29, 1.82) is 0 Å². The number of fused-ring (bicyclic) bond motifs is 1. The first kappa shape index (κ1) is 9.46. The summed E-state index contributed by atoms with van der Waals surface area (Å²) in [5.41, 5.74) is 11.6. The van der Waals surface area contributed by atoms with Crippen LogP contribution >= 0.6 is 0 Å². The van der Waals surface area contributed by atoms with Crippen molar-refractivity contribution in [3.63, 3.8) is 0 Å². The van der Waals surface area contributed by atoms with Crippen molar-refractivity contribution < 1.29 is 0 Å². The monoisotopic (exact) mass is 213 g/mol. The number of anilines is 1. The van der Waals surface area contributed by atoms with Crippen molar-refractivity contribution >= 4 is 5.69 Å². The van der Waals surface area contributed by atoms with Crippen molar-refractivity contribution in [2.75, 3.05) is 5.73 Å². The summed E-state index contributed by atoms with van der Waals surface area (Å²) < 4.78 is 2.07. The van der Waals surface area contributed by atoms with Gasteiger partial charge < -0.3 is 5.73 Å². The van der Waals surface area contributed by atoms with Gasteiger partial charge >= 0.3 is 0 Å². The largest absolute Gasteiger partial charge is 0.399 e. The van der Waals surface area contributed by atoms with Crippen LogP contribution in [0.3, 0.4) is 0 Å². The van der Waals surface area contributed by atoms with Gasteiger partial charge in [-0.3, -0.25) is 0 Å². The van der Waals surface area contributed by atoms with Gasteiger partial charge in [-0.25, -0.2) is 4.68 Å². The van der Waals surface area contributed by atoms with Crippen LogP contribution in [0, 0.1) is 6.92 Å². The Bertz CT molecular complexity index is 523. The summed E-state index contributed by atoms with van der Waals surface area (Å²) >= 11 is 0. The number of rotatable bonds is 1. The second-order valence-electron chi connectivity index (χ2n) is 4.37. The van der Waals surface area contributed by atoms with Crippen LogP contribution < -0.4 is 5.73 Å². The van der Waals surface area contributed by atoms with E-state index in [9.17, 15) is 0 Å². The predicted octanol–water partition coefficient (Wildman–Crippen LogP) is 2.25. The summed E-state index contributed by atoms with van der Waals surface area (Å²) in [5.74, 6) is 0. The number of nitrogen functional groups attached to an aromatic ring is 1. The fourth-order valence-electron chi connectivity index (χ4n) is 2.45. The first-order chi connectivity index (χ1) is 7.75. The maximum atomic E-state index is 5.69. The summed E-state index contributed by atoms with van der Waals surface area (Å²) in [6, 6.07) is 7.90. The predicted molar refractivity (Wildman–Crippen MR) is 64.7 cm³/mol. The Morgan fingerprint density at radius 3 is 2.69 bits per heavy atom. The number of hydrogen-bond donors (Lipinski definition) is 1. The Hall–Kier alpha value is -1.77. The lowest BCUT2D eigenvalue weighted by atomic mass is 10.2. The molecule has 1 aromatic heterocycles. The van der Waals surface area contributed by atoms with Crippen LogP contribution in [0.4, 0.5) is 5.69 Å². The average molecular weight is 213 g/mol. The van der Waals surface area contributed by atoms with Crippen LogP contribution in [0.5, 0.6) is 0 Å². The minimum Gasteiger partial charge on any atom is -0.399 e. The third-order valence-electron chi connectivity index (χ3n) is 3.27. The molecule has 3 rings (SSSR count). The van der Waals surface area contributed by atoms with Gasteiger partial charge in [0, 0.05) is 11.4 Å². The molecule has 0 atom stereocenters. The van der Waals surface area contributed by atoms with Crippen LogP contribution in [-0.4, -0.2) is 9.78 Å². The fourth-order valence-corrected chi connectivity index (χ4v) is 2.45. The zero-order valence-corrected chi connectivity index (χ0v) is 9.40. The van der Waals surface area contributed by atoms with Gasteiger partial charge in [-0.15, -0.1) is 0 Å². The summed E-state index contributed by atoms with van der Waals surface area (Å²) in [5, 5.41) is 4.61. The first-order valence-corrected chi connectivity index (χ1v) is 5.69. The van der Waals surface area contributed by atoms with Crippen molar-refractivity contribution in [3.05, 3.63) is 41.2 Å². The SMILES string of the molecule is Cc1nn(-c2ccc(N)cc2)c2c1CCC2. The Balaban J connectivity index is 2.13. The highest BCUT2D eigenvalue weighted by molar-refractivity contribution is 5.46. The lowest BCUT2D eigenvalue weighted by Gasteiger charge is -2.05. The lowest BCUT2D eigenvalue weighted by molar-refractivity contribution is 0.773. The molecular weight excluding hydrogens is 198 g/mol. The molecule has 3 nitrogen and oxygen atoms in total. The molecule has 1 aliphatic carbocycles. The molecule has 16 heavy (non-hydrogen) atoms. The van der Waals surface area contributed by atoms with E-state index < -0.39 is 0 Å². The van der Waals surface area contributed by atoms with E-state index in [-0.39, 0.29) is 0 Å². The van der Waals surface area contributed by atoms with Gasteiger partial charge in [0.15, 0.2) is 0 Å². The summed E-state index contributed by atoms with van der Waals surface area (Å²) in [4.78, 5) is 0. The van der Waals surface area contributed by atoms with Crippen LogP contribution in [0.1, 0.15) is 23.4 Å². The average Bonchev–Trinajstić information content (AvgIpc) is 2.84. The third kappa shape index (κ3) is 1.32. The van der Waals surface area contributed by atoms with E-state index in [2.05, 4.69) is 16.7 Å². The molecule has 0 amide bonds. The van der Waals surface area contributed by atoms with E-state index in [4.69, 9.17) is 5.73 Å². The molecule has 1 heterocycles. The van der Waals surface area contributed by atoms with Gasteiger partial charge in [0.2, 0.25) is 0 Å². The van der Waals surface area contributed by atoms with E-state index in [0.717, 1.165) is 17.8 Å². The van der Waals surface area contributed by atoms with E-state index in [1.807, 2.05) is 24.3 Å². The Morgan fingerprint density at radius 2 is 1.94 bits per heavy atom. The number of aromatic nitrogens is 2. The Kier molecular flexibility index (Phi) is 1.99. The molecular formula is C13H15N3. The molecule has 82 valence electrons. The van der Waals surface area contributed by atoms with Gasteiger partial charge in [-0.2, -0.15) is 5.10 Å². The van der Waals surface area contributed by atoms with E-state index in [1.165, 1.54) is 29.8 Å². The van der Waals surface area contributed by atoms with Gasteiger partial charge in [0.05, 0.1) is 11.4 Å². The molecule has 0 fully saturated rings. The Labute approximate surface area is 94.9 Å². The van der Waals surface area contributed by atoms with Crippen LogP contribution in [0.25, 0.3) is 5.69 Å². The molecule has 2 aromatic rings. The van der Waals surface area contributed by atoms with Crippen molar-refractivity contribution in [2.24, 2.45) is 0 Å². The summed E-state index contributed by atoms with van der Waals surface area (Å²) in [6.07, 6.45) is 3.57. The quantitative estimate of drug-likeness (QED) is 0.738. The highest BCUT2D eigenvalue weighted by atomic mass is 15.3. The molecule has 0 spiro atoms. The molecule has 0 aliphatic heterocycles. The molecule has 1 aliphatic rings. The van der Waals surface area contributed by atoms with E-state index in [0.29, 0.717) is 0 Å². The van der Waals surface area contributed by atoms with Crippen LogP contribution in [0.2, 0.25) is 0 Å². The minimum absolute atomic E-state index is 0.796. The van der Waals surface area contributed by atoms with Crippen molar-refractivity contribution in [1.82, 2.24) is 9.78 Å². The molecule has 3 heteroatoms. The second kappa shape index (κ2) is 3.37. The summed E-state index contributed by atoms with van der Waals surface area (Å²) in [6.45, 7) is 2.10. The molecule has 1 aromatic carbocycles. The minimum atomic E-state index is 0.796. The molecule has 0 unspecified atom stereocenters. The maximum absolute atomic E-state index is 5.69. The number of benzene rings is 1. The van der Waals surface area contributed by atoms with Gasteiger partial charge in [-0.05, 0) is 56.0 Å². The zero-order valence-electron chi connectivity index (χ0n) is 9.40. The number of hydrogen-bond acceptors (Lipinski definition) is 2. The lowest BCUT2D eigenvalue weighted by Crippen LogP contribution is -2.01. The number of aryl methyl sites for hydroxylation is 1. The standard InChI is InChI=1S/C13H15N3/c1-9-12-3-2-4-13(12)16(15-9)11-7-5-10(14)6-8-11/h5-8H,2-4,14H2,1H3. The molecule has 2 N–H and O–H groups in total. The second-order valence-corrected chi connectivity index (χ2v) is 4.37. The van der Waals surface area contributed by atoms with Crippen LogP contribution in [-0.2, 0) is 12.8 Å². The smallest absolute Gasteiger partial charge is 0.0650 e. The van der Waals surface area contributed by atoms with Gasteiger partial charge in [0.1, 0.15) is 0 Å². The van der Waals surface area contributed by atoms with Crippen molar-refractivity contribution in [3.8, 4) is 5.69 Å². The van der Waals surface area contributed by atoms with Crippen LogP contribution in [0.15, 0.2) is 24.3 Å². The third-order valence-corrected chi connectivity index (χ3v) is 3.27. The molecule has 0 saturated heterocycles. The zero-order chi connectivity index (χ0) is 11.1. The number of nitrogens with two attached hydrogens (primary N) is 1. The Morgan fingerprint density at radius 1 is 1.19 bits per heavy atom. The molecule has 0 bridgehead atoms. The van der Waals surface area contributed by atoms with E-state index >= 15 is 0 Å². The molecule has 0 saturated carbocycles. The maximum Gasteiger partial charge on any atom is 0.0650 e. The first-order valence-electron chi connectivity index (χ1n) is 5.69. The fraction of sp³-hybridized carbons (Fsp3) is 0.308.